The van der Waals surface area contributed by atoms with E-state index in [0.717, 1.165) is 32.4 Å². The fraction of sp³-hybridized carbons (Fsp3) is 0.647. The third kappa shape index (κ3) is 10.4. The Morgan fingerprint density at radius 3 is 1.37 bits per heavy atom. The quantitative estimate of drug-likeness (QED) is 0.334. The zero-order valence-electron chi connectivity index (χ0n) is 13.6. The monoisotopic (exact) mass is 262 g/mol. The van der Waals surface area contributed by atoms with Crippen molar-refractivity contribution >= 4 is 12.4 Å². The molecule has 0 aromatic rings. The van der Waals surface area contributed by atoms with Gasteiger partial charge in [0.15, 0.2) is 0 Å². The normalized spacial score (nSPS) is 11.3. The van der Waals surface area contributed by atoms with E-state index < -0.39 is 0 Å². The molecular formula is C17H30N2. The molecule has 0 unspecified atom stereocenters. The van der Waals surface area contributed by atoms with E-state index in [0.29, 0.717) is 0 Å². The van der Waals surface area contributed by atoms with Crippen LogP contribution in [-0.2, 0) is 0 Å². The molecule has 0 amide bonds. The molecule has 0 heterocycles. The summed E-state index contributed by atoms with van der Waals surface area (Å²) in [5, 5.41) is 0. The molecule has 108 valence electrons. The maximum absolute atomic E-state index is 4.41. The smallest absolute Gasteiger partial charge is 0.0403 e. The van der Waals surface area contributed by atoms with Crippen molar-refractivity contribution in [2.45, 2.75) is 60.8 Å². The Morgan fingerprint density at radius 1 is 0.684 bits per heavy atom. The number of rotatable bonds is 8. The van der Waals surface area contributed by atoms with E-state index in [2.05, 4.69) is 51.5 Å². The minimum absolute atomic E-state index is 0.884. The van der Waals surface area contributed by atoms with Crippen LogP contribution in [0.5, 0.6) is 0 Å². The van der Waals surface area contributed by atoms with Crippen molar-refractivity contribution in [3.63, 3.8) is 0 Å². The molecule has 0 aromatic carbocycles. The van der Waals surface area contributed by atoms with Gasteiger partial charge in [-0.3, -0.25) is 9.98 Å². The fourth-order valence-corrected chi connectivity index (χ4v) is 1.25. The van der Waals surface area contributed by atoms with Crippen molar-refractivity contribution in [3.8, 4) is 0 Å². The van der Waals surface area contributed by atoms with Crippen molar-refractivity contribution in [1.29, 1.82) is 0 Å². The molecule has 0 N–H and O–H groups in total. The van der Waals surface area contributed by atoms with E-state index in [1.807, 2.05) is 12.4 Å². The molecular weight excluding hydrogens is 232 g/mol. The molecule has 0 aliphatic rings. The second-order valence-corrected chi connectivity index (χ2v) is 5.50. The Kier molecular flexibility index (Phi) is 10.1. The zero-order chi connectivity index (χ0) is 14.7. The topological polar surface area (TPSA) is 24.7 Å². The van der Waals surface area contributed by atoms with Crippen LogP contribution in [0, 0.1) is 0 Å². The summed E-state index contributed by atoms with van der Waals surface area (Å²) in [5.41, 5.74) is 5.62. The Balaban J connectivity index is 3.66. The highest BCUT2D eigenvalue weighted by molar-refractivity contribution is 5.61. The Hall–Kier alpha value is -1.18. The van der Waals surface area contributed by atoms with Crippen molar-refractivity contribution < 1.29 is 0 Å². The summed E-state index contributed by atoms with van der Waals surface area (Å²) >= 11 is 0. The molecule has 0 aliphatic heterocycles. The first-order chi connectivity index (χ1) is 8.95. The molecule has 0 atom stereocenters. The molecule has 2 heteroatoms. The molecule has 0 radical (unpaired) electrons. The second kappa shape index (κ2) is 10.7. The first kappa shape index (κ1) is 17.8. The first-order valence-electron chi connectivity index (χ1n) is 7.17. The highest BCUT2D eigenvalue weighted by Gasteiger charge is 1.90. The van der Waals surface area contributed by atoms with E-state index in [-0.39, 0.29) is 0 Å². The van der Waals surface area contributed by atoms with E-state index >= 15 is 0 Å². The first-order valence-corrected chi connectivity index (χ1v) is 7.17. The number of nitrogens with zero attached hydrogens (tertiary/aromatic N) is 2. The van der Waals surface area contributed by atoms with Crippen LogP contribution in [-0.4, -0.2) is 25.5 Å². The van der Waals surface area contributed by atoms with Gasteiger partial charge in [0.2, 0.25) is 0 Å². The standard InChI is InChI=1S/C17H30N2/c1-14(2)16(5)8-12-18-10-7-11-19-13-9-17(6)15(3)4/h12-13H,7-11H2,1-6H3. The largest absolute Gasteiger partial charge is 0.297 e. The third-order valence-electron chi connectivity index (χ3n) is 3.33. The fourth-order valence-electron chi connectivity index (χ4n) is 1.25. The van der Waals surface area contributed by atoms with Crippen molar-refractivity contribution in [2.24, 2.45) is 9.98 Å². The van der Waals surface area contributed by atoms with Gasteiger partial charge in [-0.25, -0.2) is 0 Å². The summed E-state index contributed by atoms with van der Waals surface area (Å²) in [4.78, 5) is 8.82. The zero-order valence-corrected chi connectivity index (χ0v) is 13.6. The van der Waals surface area contributed by atoms with Crippen molar-refractivity contribution in [1.82, 2.24) is 0 Å². The van der Waals surface area contributed by atoms with Crippen LogP contribution in [0.2, 0.25) is 0 Å². The molecule has 0 fully saturated rings. The molecule has 0 spiro atoms. The summed E-state index contributed by atoms with van der Waals surface area (Å²) < 4.78 is 0. The van der Waals surface area contributed by atoms with Gasteiger partial charge in [-0.05, 0) is 48.0 Å². The number of allylic oxidation sites excluding steroid dienone is 4. The summed E-state index contributed by atoms with van der Waals surface area (Å²) in [5.74, 6) is 0. The average molecular weight is 262 g/mol. The molecule has 2 nitrogen and oxygen atoms in total. The summed E-state index contributed by atoms with van der Waals surface area (Å²) in [6.07, 6.45) is 7.05. The summed E-state index contributed by atoms with van der Waals surface area (Å²) in [7, 11) is 0. The third-order valence-corrected chi connectivity index (χ3v) is 3.33. The molecule has 19 heavy (non-hydrogen) atoms. The SMILES string of the molecule is CC(C)=C(C)CC=NCCCN=CCC(C)=C(C)C. The molecule has 0 rings (SSSR count). The maximum Gasteiger partial charge on any atom is 0.0403 e. The molecule has 0 bridgehead atoms. The van der Waals surface area contributed by atoms with Crippen LogP contribution in [0.15, 0.2) is 32.3 Å². The Bertz CT molecular complexity index is 327. The Labute approximate surface area is 119 Å². The molecule has 0 saturated heterocycles. The number of hydrogen-bond acceptors (Lipinski definition) is 2. The van der Waals surface area contributed by atoms with Crippen LogP contribution in [0.25, 0.3) is 0 Å². The van der Waals surface area contributed by atoms with Gasteiger partial charge in [0.05, 0.1) is 0 Å². The van der Waals surface area contributed by atoms with E-state index in [1.54, 1.807) is 0 Å². The van der Waals surface area contributed by atoms with E-state index in [1.165, 1.54) is 22.3 Å². The van der Waals surface area contributed by atoms with E-state index in [4.69, 9.17) is 0 Å². The van der Waals surface area contributed by atoms with E-state index in [9.17, 15) is 0 Å². The van der Waals surface area contributed by atoms with Crippen LogP contribution in [0.1, 0.15) is 60.8 Å². The van der Waals surface area contributed by atoms with Crippen molar-refractivity contribution in [3.05, 3.63) is 22.3 Å². The van der Waals surface area contributed by atoms with Gasteiger partial charge >= 0.3 is 0 Å². The molecule has 0 aromatic heterocycles. The van der Waals surface area contributed by atoms with Gasteiger partial charge < -0.3 is 0 Å². The Morgan fingerprint density at radius 2 is 1.05 bits per heavy atom. The summed E-state index contributed by atoms with van der Waals surface area (Å²) in [6, 6.07) is 0. The van der Waals surface area contributed by atoms with Crippen LogP contribution >= 0.6 is 0 Å². The summed E-state index contributed by atoms with van der Waals surface area (Å²) in [6.45, 7) is 14.7. The van der Waals surface area contributed by atoms with Crippen LogP contribution in [0.3, 0.4) is 0 Å². The lowest BCUT2D eigenvalue weighted by Gasteiger charge is -1.98. The lowest BCUT2D eigenvalue weighted by Crippen LogP contribution is -1.90. The van der Waals surface area contributed by atoms with Crippen LogP contribution < -0.4 is 0 Å². The van der Waals surface area contributed by atoms with Gasteiger partial charge in [0.1, 0.15) is 0 Å². The predicted molar refractivity (Wildman–Crippen MR) is 88.7 cm³/mol. The molecule has 0 saturated carbocycles. The minimum Gasteiger partial charge on any atom is -0.297 e. The minimum atomic E-state index is 0.884. The van der Waals surface area contributed by atoms with Gasteiger partial charge in [-0.2, -0.15) is 0 Å². The average Bonchev–Trinajstić information content (AvgIpc) is 2.35. The predicted octanol–water partition coefficient (Wildman–Crippen LogP) is 5.01. The highest BCUT2D eigenvalue weighted by atomic mass is 14.7. The number of aliphatic imine (C=N–C) groups is 2. The van der Waals surface area contributed by atoms with Gasteiger partial charge in [-0.1, -0.05) is 22.3 Å². The van der Waals surface area contributed by atoms with Gasteiger partial charge in [-0.15, -0.1) is 0 Å². The second-order valence-electron chi connectivity index (χ2n) is 5.50. The maximum atomic E-state index is 4.41. The van der Waals surface area contributed by atoms with Gasteiger partial charge in [0.25, 0.3) is 0 Å². The lowest BCUT2D eigenvalue weighted by atomic mass is 10.1. The highest BCUT2D eigenvalue weighted by Crippen LogP contribution is 2.05. The van der Waals surface area contributed by atoms with Crippen LogP contribution in [0.4, 0.5) is 0 Å². The number of hydrogen-bond donors (Lipinski definition) is 0. The lowest BCUT2D eigenvalue weighted by molar-refractivity contribution is 0.847. The van der Waals surface area contributed by atoms with Gasteiger partial charge in [0, 0.05) is 38.4 Å². The van der Waals surface area contributed by atoms with Crippen molar-refractivity contribution in [2.75, 3.05) is 13.1 Å². The molecule has 0 aliphatic carbocycles.